The van der Waals surface area contributed by atoms with Gasteiger partial charge in [0.25, 0.3) is 0 Å². The van der Waals surface area contributed by atoms with E-state index in [0.717, 1.165) is 46.5 Å². The van der Waals surface area contributed by atoms with E-state index in [1.165, 1.54) is 6.33 Å². The standard InChI is InChI=1S/C25H25N5O3/c26-13-22(31)33-20-11-8-17(12-20)30-14-21(23-24(27)28-15-29-25(23)30)16-6-9-19(10-7-16)32-18-4-2-1-3-5-18/h1-7,9-10,14-15,17,20H,8,11-13,26H2,(H2,27,28,29). The summed E-state index contributed by atoms with van der Waals surface area (Å²) in [6, 6.07) is 17.7. The molecular weight excluding hydrogens is 418 g/mol. The van der Waals surface area contributed by atoms with Crippen LogP contribution in [0, 0.1) is 0 Å². The van der Waals surface area contributed by atoms with Crippen molar-refractivity contribution in [2.45, 2.75) is 31.4 Å². The number of rotatable bonds is 6. The third-order valence-electron chi connectivity index (χ3n) is 6.00. The predicted molar refractivity (Wildman–Crippen MR) is 126 cm³/mol. The minimum absolute atomic E-state index is 0.106. The van der Waals surface area contributed by atoms with Crippen LogP contribution in [0.4, 0.5) is 5.82 Å². The molecule has 2 aromatic heterocycles. The Hall–Kier alpha value is -3.91. The van der Waals surface area contributed by atoms with Crippen molar-refractivity contribution in [1.82, 2.24) is 14.5 Å². The molecule has 1 aliphatic carbocycles. The molecule has 0 bridgehead atoms. The SMILES string of the molecule is NCC(=O)OC1CCC(n2cc(-c3ccc(Oc4ccccc4)cc3)c3c(N)ncnc32)C1. The lowest BCUT2D eigenvalue weighted by Gasteiger charge is -2.14. The number of para-hydroxylation sites is 1. The van der Waals surface area contributed by atoms with E-state index >= 15 is 0 Å². The maximum absolute atomic E-state index is 11.6. The molecule has 0 amide bonds. The molecule has 0 radical (unpaired) electrons. The normalized spacial score (nSPS) is 17.8. The summed E-state index contributed by atoms with van der Waals surface area (Å²) in [6.45, 7) is -0.106. The first-order valence-electron chi connectivity index (χ1n) is 11.0. The van der Waals surface area contributed by atoms with E-state index in [-0.39, 0.29) is 24.7 Å². The molecule has 8 nitrogen and oxygen atoms in total. The molecule has 1 fully saturated rings. The van der Waals surface area contributed by atoms with Crippen molar-refractivity contribution in [3.8, 4) is 22.6 Å². The first-order chi connectivity index (χ1) is 16.1. The fourth-order valence-corrected chi connectivity index (χ4v) is 4.44. The van der Waals surface area contributed by atoms with Gasteiger partial charge in [0.05, 0.1) is 11.9 Å². The summed E-state index contributed by atoms with van der Waals surface area (Å²) in [5, 5.41) is 0.816. The third kappa shape index (κ3) is 4.25. The van der Waals surface area contributed by atoms with Crippen LogP contribution < -0.4 is 16.2 Å². The highest BCUT2D eigenvalue weighted by Gasteiger charge is 2.30. The lowest BCUT2D eigenvalue weighted by molar-refractivity contribution is -0.147. The molecule has 1 saturated carbocycles. The number of aromatic nitrogens is 3. The number of nitrogen functional groups attached to an aromatic ring is 1. The van der Waals surface area contributed by atoms with Gasteiger partial charge in [-0.2, -0.15) is 0 Å². The lowest BCUT2D eigenvalue weighted by Crippen LogP contribution is -2.22. The molecule has 4 aromatic rings. The molecule has 2 aromatic carbocycles. The smallest absolute Gasteiger partial charge is 0.319 e. The zero-order valence-corrected chi connectivity index (χ0v) is 18.1. The molecule has 1 aliphatic rings. The zero-order valence-electron chi connectivity index (χ0n) is 18.1. The maximum atomic E-state index is 11.6. The van der Waals surface area contributed by atoms with Crippen LogP contribution in [0.25, 0.3) is 22.2 Å². The van der Waals surface area contributed by atoms with Crippen molar-refractivity contribution in [3.05, 3.63) is 67.1 Å². The maximum Gasteiger partial charge on any atom is 0.319 e. The minimum Gasteiger partial charge on any atom is -0.461 e. The Kier molecular flexibility index (Phi) is 5.66. The van der Waals surface area contributed by atoms with Gasteiger partial charge >= 0.3 is 5.97 Å². The van der Waals surface area contributed by atoms with Crippen molar-refractivity contribution in [1.29, 1.82) is 0 Å². The van der Waals surface area contributed by atoms with Crippen LogP contribution in [-0.2, 0) is 9.53 Å². The van der Waals surface area contributed by atoms with Crippen LogP contribution in [0.15, 0.2) is 67.1 Å². The summed E-state index contributed by atoms with van der Waals surface area (Å²) in [6.07, 6.45) is 5.79. The van der Waals surface area contributed by atoms with Crippen molar-refractivity contribution in [3.63, 3.8) is 0 Å². The summed E-state index contributed by atoms with van der Waals surface area (Å²) < 4.78 is 13.5. The second-order valence-electron chi connectivity index (χ2n) is 8.13. The molecule has 0 spiro atoms. The van der Waals surface area contributed by atoms with Gasteiger partial charge in [-0.1, -0.05) is 30.3 Å². The average molecular weight is 444 g/mol. The van der Waals surface area contributed by atoms with Gasteiger partial charge in [-0.3, -0.25) is 4.79 Å². The summed E-state index contributed by atoms with van der Waals surface area (Å²) in [4.78, 5) is 20.3. The van der Waals surface area contributed by atoms with E-state index in [1.54, 1.807) is 0 Å². The highest BCUT2D eigenvalue weighted by atomic mass is 16.5. The predicted octanol–water partition coefficient (Wildman–Crippen LogP) is 4.07. The number of hydrogen-bond donors (Lipinski definition) is 2. The number of nitrogens with two attached hydrogens (primary N) is 2. The summed E-state index contributed by atoms with van der Waals surface area (Å²) >= 11 is 0. The monoisotopic (exact) mass is 443 g/mol. The van der Waals surface area contributed by atoms with Crippen molar-refractivity contribution in [2.75, 3.05) is 12.3 Å². The molecule has 2 atom stereocenters. The van der Waals surface area contributed by atoms with Crippen LogP contribution in [0.3, 0.4) is 0 Å². The number of fused-ring (bicyclic) bond motifs is 1. The second-order valence-corrected chi connectivity index (χ2v) is 8.13. The number of nitrogens with zero attached hydrogens (tertiary/aromatic N) is 3. The summed E-state index contributed by atoms with van der Waals surface area (Å²) in [5.74, 6) is 1.59. The van der Waals surface area contributed by atoms with Crippen LogP contribution in [0.2, 0.25) is 0 Å². The van der Waals surface area contributed by atoms with Gasteiger partial charge < -0.3 is 25.5 Å². The van der Waals surface area contributed by atoms with Gasteiger partial charge in [0.15, 0.2) is 0 Å². The highest BCUT2D eigenvalue weighted by molar-refractivity contribution is 6.00. The van der Waals surface area contributed by atoms with E-state index in [9.17, 15) is 4.79 Å². The Morgan fingerprint density at radius 3 is 2.55 bits per heavy atom. The quantitative estimate of drug-likeness (QED) is 0.431. The van der Waals surface area contributed by atoms with E-state index in [0.29, 0.717) is 12.2 Å². The van der Waals surface area contributed by atoms with Gasteiger partial charge in [0, 0.05) is 24.2 Å². The Balaban J connectivity index is 1.45. The van der Waals surface area contributed by atoms with Crippen molar-refractivity contribution < 1.29 is 14.3 Å². The number of anilines is 1. The zero-order chi connectivity index (χ0) is 22.8. The molecular formula is C25H25N5O3. The Bertz CT molecular complexity index is 1270. The molecule has 0 aliphatic heterocycles. The van der Waals surface area contributed by atoms with Gasteiger partial charge in [0.1, 0.15) is 35.4 Å². The lowest BCUT2D eigenvalue weighted by atomic mass is 10.1. The number of hydrogen-bond acceptors (Lipinski definition) is 7. The van der Waals surface area contributed by atoms with E-state index < -0.39 is 0 Å². The van der Waals surface area contributed by atoms with Gasteiger partial charge in [0.2, 0.25) is 0 Å². The number of benzene rings is 2. The Morgan fingerprint density at radius 1 is 1.03 bits per heavy atom. The minimum atomic E-state index is -0.372. The van der Waals surface area contributed by atoms with Gasteiger partial charge in [-0.25, -0.2) is 9.97 Å². The number of ether oxygens (including phenoxy) is 2. The number of carbonyl (C=O) groups is 1. The molecule has 2 unspecified atom stereocenters. The molecule has 4 N–H and O–H groups in total. The van der Waals surface area contributed by atoms with Crippen molar-refractivity contribution >= 4 is 22.8 Å². The van der Waals surface area contributed by atoms with E-state index in [2.05, 4.69) is 20.7 Å². The largest absolute Gasteiger partial charge is 0.461 e. The first-order valence-corrected chi connectivity index (χ1v) is 11.0. The van der Waals surface area contributed by atoms with E-state index in [1.807, 2.05) is 54.6 Å². The fraction of sp³-hybridized carbons (Fsp3) is 0.240. The number of esters is 1. The molecule has 0 saturated heterocycles. The third-order valence-corrected chi connectivity index (χ3v) is 6.00. The summed E-state index contributed by atoms with van der Waals surface area (Å²) in [5.41, 5.74) is 14.4. The topological polar surface area (TPSA) is 118 Å². The Labute approximate surface area is 191 Å². The van der Waals surface area contributed by atoms with Gasteiger partial charge in [-0.15, -0.1) is 0 Å². The van der Waals surface area contributed by atoms with Crippen LogP contribution >= 0.6 is 0 Å². The number of carbonyl (C=O) groups excluding carboxylic acids is 1. The van der Waals surface area contributed by atoms with Crippen LogP contribution in [-0.4, -0.2) is 33.2 Å². The van der Waals surface area contributed by atoms with E-state index in [4.69, 9.17) is 20.9 Å². The molecule has 168 valence electrons. The molecule has 8 heteroatoms. The fourth-order valence-electron chi connectivity index (χ4n) is 4.44. The molecule has 2 heterocycles. The first kappa shape index (κ1) is 21.0. The van der Waals surface area contributed by atoms with Crippen LogP contribution in [0.1, 0.15) is 25.3 Å². The molecule has 33 heavy (non-hydrogen) atoms. The highest BCUT2D eigenvalue weighted by Crippen LogP contribution is 2.40. The summed E-state index contributed by atoms with van der Waals surface area (Å²) in [7, 11) is 0. The average Bonchev–Trinajstić information content (AvgIpc) is 3.45. The Morgan fingerprint density at radius 2 is 1.79 bits per heavy atom. The van der Waals surface area contributed by atoms with Gasteiger partial charge in [-0.05, 0) is 42.7 Å². The van der Waals surface area contributed by atoms with Crippen molar-refractivity contribution in [2.24, 2.45) is 5.73 Å². The second kappa shape index (κ2) is 8.91. The van der Waals surface area contributed by atoms with Crippen LogP contribution in [0.5, 0.6) is 11.5 Å². The molecule has 5 rings (SSSR count).